The summed E-state index contributed by atoms with van der Waals surface area (Å²) in [4.78, 5) is 12.9. The zero-order chi connectivity index (χ0) is 20.7. The number of amides is 1. The Morgan fingerprint density at radius 2 is 1.86 bits per heavy atom. The zero-order valence-electron chi connectivity index (χ0n) is 16.0. The lowest BCUT2D eigenvalue weighted by molar-refractivity contribution is -0.117. The molecule has 1 unspecified atom stereocenters. The molecule has 8 heteroatoms. The molecule has 0 saturated carbocycles. The molecule has 7 nitrogen and oxygen atoms in total. The molecule has 28 heavy (non-hydrogen) atoms. The van der Waals surface area contributed by atoms with Crippen LogP contribution in [0.2, 0.25) is 0 Å². The zero-order valence-corrected chi connectivity index (χ0v) is 16.8. The fourth-order valence-electron chi connectivity index (χ4n) is 2.62. The van der Waals surface area contributed by atoms with Crippen molar-refractivity contribution in [2.24, 2.45) is 5.73 Å². The molecular weight excluding hydrogens is 376 g/mol. The Hall–Kier alpha value is -2.71. The Balaban J connectivity index is 2.20. The van der Waals surface area contributed by atoms with E-state index in [1.807, 2.05) is 13.8 Å². The molecule has 1 atom stereocenters. The number of carbonyl (C=O) groups is 1. The maximum atomic E-state index is 12.7. The molecule has 0 aliphatic carbocycles. The van der Waals surface area contributed by atoms with Crippen molar-refractivity contribution in [1.29, 1.82) is 5.41 Å². The predicted molar refractivity (Wildman–Crippen MR) is 111 cm³/mol. The van der Waals surface area contributed by atoms with Crippen molar-refractivity contribution < 1.29 is 13.2 Å². The largest absolute Gasteiger partial charge is 0.384 e. The molecule has 0 aromatic heterocycles. The lowest BCUT2D eigenvalue weighted by Crippen LogP contribution is -2.43. The van der Waals surface area contributed by atoms with Crippen molar-refractivity contribution in [3.63, 3.8) is 0 Å². The van der Waals surface area contributed by atoms with E-state index in [9.17, 15) is 13.2 Å². The van der Waals surface area contributed by atoms with Gasteiger partial charge in [0.05, 0.1) is 4.90 Å². The van der Waals surface area contributed by atoms with E-state index in [1.165, 1.54) is 12.1 Å². The minimum Gasteiger partial charge on any atom is -0.384 e. The summed E-state index contributed by atoms with van der Waals surface area (Å²) in [7, 11) is -3.83. The van der Waals surface area contributed by atoms with Crippen molar-refractivity contribution in [3.8, 4) is 0 Å². The highest BCUT2D eigenvalue weighted by molar-refractivity contribution is 7.89. The van der Waals surface area contributed by atoms with Gasteiger partial charge >= 0.3 is 0 Å². The second-order valence-electron chi connectivity index (χ2n) is 6.61. The molecule has 0 heterocycles. The summed E-state index contributed by atoms with van der Waals surface area (Å²) in [6, 6.07) is 12.1. The number of nitrogens with one attached hydrogen (secondary N) is 3. The average molecular weight is 403 g/mol. The van der Waals surface area contributed by atoms with Gasteiger partial charge in [0.1, 0.15) is 11.9 Å². The monoisotopic (exact) mass is 402 g/mol. The molecule has 0 aliphatic heterocycles. The van der Waals surface area contributed by atoms with Crippen LogP contribution in [0.3, 0.4) is 0 Å². The molecule has 150 valence electrons. The van der Waals surface area contributed by atoms with E-state index in [-0.39, 0.29) is 10.7 Å². The van der Waals surface area contributed by atoms with E-state index in [0.29, 0.717) is 24.1 Å². The van der Waals surface area contributed by atoms with Crippen LogP contribution in [0.25, 0.3) is 0 Å². The summed E-state index contributed by atoms with van der Waals surface area (Å²) in [5.74, 6) is -0.566. The number of amidine groups is 1. The molecular formula is C20H26N4O3S. The predicted octanol–water partition coefficient (Wildman–Crippen LogP) is 2.75. The van der Waals surface area contributed by atoms with Crippen molar-refractivity contribution >= 4 is 27.5 Å². The fraction of sp³-hybridized carbons (Fsp3) is 0.300. The van der Waals surface area contributed by atoms with E-state index in [1.54, 1.807) is 36.4 Å². The molecule has 0 fully saturated rings. The molecule has 0 saturated heterocycles. The summed E-state index contributed by atoms with van der Waals surface area (Å²) in [5.41, 5.74) is 7.35. The number of anilines is 1. The van der Waals surface area contributed by atoms with Crippen molar-refractivity contribution in [3.05, 3.63) is 59.7 Å². The number of rotatable bonds is 9. The first-order valence-electron chi connectivity index (χ1n) is 9.07. The first-order valence-corrected chi connectivity index (χ1v) is 10.6. The summed E-state index contributed by atoms with van der Waals surface area (Å²) in [6.45, 7) is 3.84. The van der Waals surface area contributed by atoms with Crippen molar-refractivity contribution in [2.45, 2.75) is 44.0 Å². The van der Waals surface area contributed by atoms with E-state index >= 15 is 0 Å². The molecule has 0 spiro atoms. The summed E-state index contributed by atoms with van der Waals surface area (Å²) in [5, 5.41) is 10.2. The third-order valence-corrected chi connectivity index (χ3v) is 5.72. The summed E-state index contributed by atoms with van der Waals surface area (Å²) >= 11 is 0. The number of hydrogen-bond donors (Lipinski definition) is 4. The van der Waals surface area contributed by atoms with Gasteiger partial charge in [0, 0.05) is 11.3 Å². The topological polar surface area (TPSA) is 125 Å². The molecule has 0 bridgehead atoms. The molecule has 0 radical (unpaired) electrons. The lowest BCUT2D eigenvalue weighted by Gasteiger charge is -2.19. The van der Waals surface area contributed by atoms with Crippen LogP contribution < -0.4 is 15.8 Å². The minimum absolute atomic E-state index is 0.112. The molecule has 2 rings (SSSR count). The highest BCUT2D eigenvalue weighted by atomic mass is 32.2. The number of benzene rings is 2. The van der Waals surface area contributed by atoms with Gasteiger partial charge in [0.15, 0.2) is 0 Å². The third kappa shape index (κ3) is 5.90. The number of aryl methyl sites for hydroxylation is 1. The number of hydrogen-bond acceptors (Lipinski definition) is 4. The number of nitrogens with two attached hydrogens (primary N) is 1. The van der Waals surface area contributed by atoms with Gasteiger partial charge in [-0.1, -0.05) is 49.6 Å². The minimum atomic E-state index is -3.83. The Morgan fingerprint density at radius 1 is 1.18 bits per heavy atom. The van der Waals surface area contributed by atoms with Crippen LogP contribution in [-0.2, 0) is 14.8 Å². The summed E-state index contributed by atoms with van der Waals surface area (Å²) in [6.07, 6.45) is 1.90. The number of sulfonamides is 1. The van der Waals surface area contributed by atoms with Gasteiger partial charge in [0.2, 0.25) is 15.9 Å². The van der Waals surface area contributed by atoms with Gasteiger partial charge in [-0.05, 0) is 37.6 Å². The van der Waals surface area contributed by atoms with Gasteiger partial charge < -0.3 is 11.1 Å². The van der Waals surface area contributed by atoms with Gasteiger partial charge in [0.25, 0.3) is 0 Å². The average Bonchev–Trinajstić information content (AvgIpc) is 2.65. The standard InChI is InChI=1S/C20H26N4O3S/c1-3-4-8-18(24-28(26,27)17-11-9-14(2)10-12-17)20(25)23-16-7-5-6-15(13-16)19(21)22/h5-7,9-13,18,24H,3-4,8H2,1-2H3,(H3,21,22)(H,23,25). The Morgan fingerprint density at radius 3 is 2.46 bits per heavy atom. The second-order valence-corrected chi connectivity index (χ2v) is 8.33. The SMILES string of the molecule is CCCCC(NS(=O)(=O)c1ccc(C)cc1)C(=O)Nc1cccc(C(=N)N)c1. The van der Waals surface area contributed by atoms with E-state index < -0.39 is 22.0 Å². The third-order valence-electron chi connectivity index (χ3n) is 4.23. The normalized spacial score (nSPS) is 12.4. The molecule has 1 amide bonds. The number of unbranched alkanes of at least 4 members (excludes halogenated alkanes) is 1. The van der Waals surface area contributed by atoms with Crippen molar-refractivity contribution in [1.82, 2.24) is 4.72 Å². The first kappa shape index (κ1) is 21.6. The maximum absolute atomic E-state index is 12.7. The quantitative estimate of drug-likeness (QED) is 0.380. The van der Waals surface area contributed by atoms with Gasteiger partial charge in [-0.3, -0.25) is 10.2 Å². The highest BCUT2D eigenvalue weighted by Gasteiger charge is 2.25. The highest BCUT2D eigenvalue weighted by Crippen LogP contribution is 2.15. The van der Waals surface area contributed by atoms with E-state index in [2.05, 4.69) is 10.0 Å². The molecule has 2 aromatic rings. The Labute approximate surface area is 165 Å². The van der Waals surface area contributed by atoms with Crippen LogP contribution in [0.1, 0.15) is 37.3 Å². The number of carbonyl (C=O) groups excluding carboxylic acids is 1. The maximum Gasteiger partial charge on any atom is 0.242 e. The fourth-order valence-corrected chi connectivity index (χ4v) is 3.85. The molecule has 2 aromatic carbocycles. The lowest BCUT2D eigenvalue weighted by atomic mass is 10.1. The smallest absolute Gasteiger partial charge is 0.242 e. The number of nitrogen functional groups attached to an aromatic ring is 1. The van der Waals surface area contributed by atoms with Gasteiger partial charge in [-0.25, -0.2) is 8.42 Å². The van der Waals surface area contributed by atoms with Crippen molar-refractivity contribution in [2.75, 3.05) is 5.32 Å². The van der Waals surface area contributed by atoms with E-state index in [4.69, 9.17) is 11.1 Å². The van der Waals surface area contributed by atoms with Crippen LogP contribution in [-0.4, -0.2) is 26.2 Å². The Kier molecular flexibility index (Phi) is 7.31. The van der Waals surface area contributed by atoms with Crippen LogP contribution in [0.15, 0.2) is 53.4 Å². The van der Waals surface area contributed by atoms with Crippen LogP contribution in [0.4, 0.5) is 5.69 Å². The van der Waals surface area contributed by atoms with Gasteiger partial charge in [-0.2, -0.15) is 4.72 Å². The molecule has 5 N–H and O–H groups in total. The second kappa shape index (κ2) is 9.48. The van der Waals surface area contributed by atoms with Crippen LogP contribution in [0, 0.1) is 12.3 Å². The molecule has 0 aliphatic rings. The van der Waals surface area contributed by atoms with Gasteiger partial charge in [-0.15, -0.1) is 0 Å². The summed E-state index contributed by atoms with van der Waals surface area (Å²) < 4.78 is 27.9. The van der Waals surface area contributed by atoms with Crippen LogP contribution in [0.5, 0.6) is 0 Å². The Bertz CT molecular complexity index is 940. The first-order chi connectivity index (χ1) is 13.2. The van der Waals surface area contributed by atoms with E-state index in [0.717, 1.165) is 12.0 Å². The van der Waals surface area contributed by atoms with Crippen LogP contribution >= 0.6 is 0 Å².